The maximum Gasteiger partial charge on any atom is 0.310 e. The molecule has 0 aromatic heterocycles. The molecule has 2 bridgehead atoms. The summed E-state index contributed by atoms with van der Waals surface area (Å²) in [5.41, 5.74) is 0.786. The van der Waals surface area contributed by atoms with Crippen LogP contribution >= 0.6 is 23.2 Å². The van der Waals surface area contributed by atoms with Crippen LogP contribution in [0.2, 0.25) is 10.0 Å². The minimum Gasteiger partial charge on any atom is -0.481 e. The van der Waals surface area contributed by atoms with E-state index in [9.17, 15) is 14.7 Å². The highest BCUT2D eigenvalue weighted by atomic mass is 35.5. The van der Waals surface area contributed by atoms with Gasteiger partial charge in [0.1, 0.15) is 5.92 Å². The highest BCUT2D eigenvalue weighted by Gasteiger charge is 2.53. The maximum absolute atomic E-state index is 12.3. The molecule has 1 saturated heterocycles. The summed E-state index contributed by atoms with van der Waals surface area (Å²) in [6, 6.07) is 5.06. The van der Waals surface area contributed by atoms with E-state index < -0.39 is 30.0 Å². The summed E-state index contributed by atoms with van der Waals surface area (Å²) in [6.07, 6.45) is 2.45. The van der Waals surface area contributed by atoms with E-state index in [0.29, 0.717) is 10.0 Å². The summed E-state index contributed by atoms with van der Waals surface area (Å²) in [7, 11) is 0. The molecule has 7 heteroatoms. The fourth-order valence-electron chi connectivity index (χ4n) is 2.87. The molecule has 2 N–H and O–H groups in total. The van der Waals surface area contributed by atoms with Crippen LogP contribution in [0, 0.1) is 11.8 Å². The third-order valence-electron chi connectivity index (χ3n) is 3.94. The molecule has 5 nitrogen and oxygen atoms in total. The number of carbonyl (C=O) groups excluding carboxylic acids is 1. The molecule has 116 valence electrons. The van der Waals surface area contributed by atoms with E-state index in [0.717, 1.165) is 5.56 Å². The molecule has 1 aromatic carbocycles. The van der Waals surface area contributed by atoms with E-state index in [1.807, 2.05) is 0 Å². The molecule has 4 atom stereocenters. The Labute approximate surface area is 136 Å². The van der Waals surface area contributed by atoms with Gasteiger partial charge in [0.25, 0.3) is 0 Å². The second kappa shape index (κ2) is 5.91. The van der Waals surface area contributed by atoms with Gasteiger partial charge in [-0.2, -0.15) is 0 Å². The van der Waals surface area contributed by atoms with Gasteiger partial charge in [-0.25, -0.2) is 0 Å². The number of aliphatic carboxylic acids is 1. The predicted octanol–water partition coefficient (Wildman–Crippen LogP) is 2.26. The summed E-state index contributed by atoms with van der Waals surface area (Å²) >= 11 is 11.8. The van der Waals surface area contributed by atoms with Crippen molar-refractivity contribution in [3.05, 3.63) is 46.0 Å². The summed E-state index contributed by atoms with van der Waals surface area (Å²) in [4.78, 5) is 23.7. The lowest BCUT2D eigenvalue weighted by Crippen LogP contribution is -2.42. The minimum atomic E-state index is -1.02. The van der Waals surface area contributed by atoms with Crippen LogP contribution in [0.4, 0.5) is 0 Å². The van der Waals surface area contributed by atoms with Gasteiger partial charge in [0.05, 0.1) is 28.2 Å². The molecule has 1 aromatic rings. The number of amides is 1. The maximum atomic E-state index is 12.3. The number of carboxylic acid groups (broad SMARTS) is 1. The zero-order valence-corrected chi connectivity index (χ0v) is 12.8. The number of fused-ring (bicyclic) bond motifs is 2. The first-order valence-corrected chi connectivity index (χ1v) is 7.51. The van der Waals surface area contributed by atoms with E-state index in [2.05, 4.69) is 5.32 Å². The molecule has 2 heterocycles. The topological polar surface area (TPSA) is 75.6 Å². The van der Waals surface area contributed by atoms with Crippen molar-refractivity contribution in [3.8, 4) is 0 Å². The standard InChI is InChI=1S/C15H13Cl2NO4/c16-8-2-1-7(5-9(8)17)6-18-14(19)12-10-3-4-11(22-10)13(12)15(20)21/h1-5,10-13H,6H2,(H,18,19)(H,20,21). The van der Waals surface area contributed by atoms with Crippen molar-refractivity contribution >= 4 is 35.1 Å². The van der Waals surface area contributed by atoms with E-state index in [1.54, 1.807) is 30.4 Å². The first kappa shape index (κ1) is 15.3. The first-order valence-electron chi connectivity index (χ1n) is 6.75. The molecule has 0 radical (unpaired) electrons. The molecule has 0 aliphatic carbocycles. The predicted molar refractivity (Wildman–Crippen MR) is 80.7 cm³/mol. The van der Waals surface area contributed by atoms with Crippen LogP contribution in [0.15, 0.2) is 30.4 Å². The minimum absolute atomic E-state index is 0.250. The molecule has 2 aliphatic rings. The fourth-order valence-corrected chi connectivity index (χ4v) is 3.19. The Balaban J connectivity index is 1.68. The first-order chi connectivity index (χ1) is 10.5. The number of halogens is 2. The van der Waals surface area contributed by atoms with Crippen LogP contribution in [0.25, 0.3) is 0 Å². The summed E-state index contributed by atoms with van der Waals surface area (Å²) in [5.74, 6) is -2.92. The van der Waals surface area contributed by atoms with Crippen LogP contribution in [-0.4, -0.2) is 29.2 Å². The fraction of sp³-hybridized carbons (Fsp3) is 0.333. The van der Waals surface area contributed by atoms with E-state index in [-0.39, 0.29) is 12.5 Å². The Kier molecular flexibility index (Phi) is 4.12. The van der Waals surface area contributed by atoms with E-state index in [4.69, 9.17) is 27.9 Å². The smallest absolute Gasteiger partial charge is 0.310 e. The lowest BCUT2D eigenvalue weighted by Gasteiger charge is -2.21. The van der Waals surface area contributed by atoms with Crippen molar-refractivity contribution in [2.75, 3.05) is 0 Å². The van der Waals surface area contributed by atoms with Gasteiger partial charge in [-0.3, -0.25) is 9.59 Å². The number of carboxylic acids is 1. The number of benzene rings is 1. The number of carbonyl (C=O) groups is 2. The molecule has 2 aliphatic heterocycles. The number of hydrogen-bond acceptors (Lipinski definition) is 3. The van der Waals surface area contributed by atoms with Crippen LogP contribution in [0.3, 0.4) is 0 Å². The van der Waals surface area contributed by atoms with Crippen molar-refractivity contribution in [3.63, 3.8) is 0 Å². The van der Waals surface area contributed by atoms with Crippen LogP contribution in [-0.2, 0) is 20.9 Å². The molecule has 4 unspecified atom stereocenters. The third kappa shape index (κ3) is 2.72. The third-order valence-corrected chi connectivity index (χ3v) is 4.68. The molecule has 1 fully saturated rings. The van der Waals surface area contributed by atoms with E-state index in [1.165, 1.54) is 0 Å². The number of nitrogens with one attached hydrogen (secondary N) is 1. The van der Waals surface area contributed by atoms with Gasteiger partial charge in [0, 0.05) is 6.54 Å². The molecule has 0 saturated carbocycles. The van der Waals surface area contributed by atoms with Crippen molar-refractivity contribution < 1.29 is 19.4 Å². The summed E-state index contributed by atoms with van der Waals surface area (Å²) in [5, 5.41) is 12.9. The molecule has 3 rings (SSSR count). The Morgan fingerprint density at radius 3 is 2.45 bits per heavy atom. The lowest BCUT2D eigenvalue weighted by molar-refractivity contribution is -0.146. The molecule has 0 spiro atoms. The zero-order chi connectivity index (χ0) is 15.9. The van der Waals surface area contributed by atoms with E-state index >= 15 is 0 Å². The Bertz CT molecular complexity index is 661. The van der Waals surface area contributed by atoms with Gasteiger partial charge >= 0.3 is 5.97 Å². The quantitative estimate of drug-likeness (QED) is 0.823. The van der Waals surface area contributed by atoms with Crippen LogP contribution in [0.1, 0.15) is 5.56 Å². The Hall–Kier alpha value is -1.56. The van der Waals surface area contributed by atoms with Gasteiger partial charge in [0.2, 0.25) is 5.91 Å². The Morgan fingerprint density at radius 1 is 1.14 bits per heavy atom. The van der Waals surface area contributed by atoms with Gasteiger partial charge in [-0.15, -0.1) is 0 Å². The van der Waals surface area contributed by atoms with Crippen molar-refractivity contribution in [1.82, 2.24) is 5.32 Å². The highest BCUT2D eigenvalue weighted by Crippen LogP contribution is 2.39. The highest BCUT2D eigenvalue weighted by molar-refractivity contribution is 6.42. The molecular formula is C15H13Cl2NO4. The summed E-state index contributed by atoms with van der Waals surface area (Å²) < 4.78 is 5.48. The SMILES string of the molecule is O=C(O)C1C2C=CC(O2)C1C(=O)NCc1ccc(Cl)c(Cl)c1. The lowest BCUT2D eigenvalue weighted by atomic mass is 9.82. The molecule has 22 heavy (non-hydrogen) atoms. The van der Waals surface area contributed by atoms with Crippen molar-refractivity contribution in [2.24, 2.45) is 11.8 Å². The molecular weight excluding hydrogens is 329 g/mol. The van der Waals surface area contributed by atoms with Gasteiger partial charge in [-0.05, 0) is 17.7 Å². The molecule has 1 amide bonds. The second-order valence-electron chi connectivity index (χ2n) is 5.31. The number of ether oxygens (including phenoxy) is 1. The number of hydrogen-bond donors (Lipinski definition) is 2. The zero-order valence-electron chi connectivity index (χ0n) is 11.3. The summed E-state index contributed by atoms with van der Waals surface area (Å²) in [6.45, 7) is 0.250. The average Bonchev–Trinajstić information content (AvgIpc) is 3.08. The Morgan fingerprint density at radius 2 is 1.82 bits per heavy atom. The largest absolute Gasteiger partial charge is 0.481 e. The van der Waals surface area contributed by atoms with Gasteiger partial charge < -0.3 is 15.2 Å². The number of rotatable bonds is 4. The van der Waals surface area contributed by atoms with Crippen molar-refractivity contribution in [1.29, 1.82) is 0 Å². The average molecular weight is 342 g/mol. The normalized spacial score (nSPS) is 28.8. The monoisotopic (exact) mass is 341 g/mol. The van der Waals surface area contributed by atoms with Crippen molar-refractivity contribution in [2.45, 2.75) is 18.8 Å². The van der Waals surface area contributed by atoms with Gasteiger partial charge in [-0.1, -0.05) is 41.4 Å². The van der Waals surface area contributed by atoms with Crippen LogP contribution in [0.5, 0.6) is 0 Å². The second-order valence-corrected chi connectivity index (χ2v) is 6.12. The van der Waals surface area contributed by atoms with Crippen LogP contribution < -0.4 is 5.32 Å². The van der Waals surface area contributed by atoms with Gasteiger partial charge in [0.15, 0.2) is 0 Å².